The second kappa shape index (κ2) is 22.6. The fourth-order valence-corrected chi connectivity index (χ4v) is 10.4. The molecule has 0 atom stereocenters. The molecule has 0 radical (unpaired) electrons. The zero-order chi connectivity index (χ0) is 33.2. The number of thiazole rings is 2. The maximum Gasteiger partial charge on any atom is 0.365 e. The predicted molar refractivity (Wildman–Crippen MR) is 201 cm³/mol. The summed E-state index contributed by atoms with van der Waals surface area (Å²) < 4.78 is 4.88. The van der Waals surface area contributed by atoms with E-state index < -0.39 is 11.9 Å². The van der Waals surface area contributed by atoms with Crippen LogP contribution in [-0.2, 0) is 25.3 Å². The SMILES string of the molecule is CCCCCCC[CH2][Sn+2][CH2]CCCCCCC.O=C(O)c1nc2c([S-])c(S)ccc2s1.O=C(O)c1nc2c([S-])c(S)ccc2s1. The van der Waals surface area contributed by atoms with Crippen molar-refractivity contribution in [1.29, 1.82) is 0 Å². The second-order valence-corrected chi connectivity index (χ2v) is 18.6. The van der Waals surface area contributed by atoms with Crippen molar-refractivity contribution in [2.45, 2.75) is 119 Å². The van der Waals surface area contributed by atoms with Crippen LogP contribution in [0.3, 0.4) is 0 Å². The number of carboxylic acids is 2. The molecule has 0 saturated heterocycles. The molecule has 0 fully saturated rings. The van der Waals surface area contributed by atoms with Crippen molar-refractivity contribution in [3.8, 4) is 0 Å². The van der Waals surface area contributed by atoms with Gasteiger partial charge in [-0.2, -0.15) is 0 Å². The monoisotopic (exact) mass is 830 g/mol. The molecule has 2 aromatic carbocycles. The number of fused-ring (bicyclic) bond motifs is 2. The molecule has 0 aliphatic rings. The number of thiol groups is 2. The Labute approximate surface area is 307 Å². The van der Waals surface area contributed by atoms with Gasteiger partial charge in [-0.05, 0) is 34.1 Å². The van der Waals surface area contributed by atoms with Gasteiger partial charge in [0.05, 0.1) is 20.4 Å². The molecular formula is C32H42N2O4S6Sn. The molecule has 0 spiro atoms. The molecule has 0 amide bonds. The molecule has 45 heavy (non-hydrogen) atoms. The van der Waals surface area contributed by atoms with Crippen LogP contribution in [0.15, 0.2) is 43.8 Å². The Bertz CT molecular complexity index is 1380. The normalized spacial score (nSPS) is 10.6. The maximum atomic E-state index is 10.7. The molecule has 4 aromatic rings. The molecule has 0 saturated carbocycles. The molecule has 244 valence electrons. The zero-order valence-corrected chi connectivity index (χ0v) is 33.8. The van der Waals surface area contributed by atoms with E-state index in [1.54, 1.807) is 46.0 Å². The summed E-state index contributed by atoms with van der Waals surface area (Å²) >= 11 is 20.7. The fourth-order valence-electron chi connectivity index (χ4n) is 4.29. The van der Waals surface area contributed by atoms with E-state index in [9.17, 15) is 9.59 Å². The van der Waals surface area contributed by atoms with Crippen LogP contribution in [0.1, 0.15) is 111 Å². The van der Waals surface area contributed by atoms with Gasteiger partial charge in [-0.3, -0.25) is 0 Å². The molecule has 0 unspecified atom stereocenters. The van der Waals surface area contributed by atoms with Crippen LogP contribution in [-0.4, -0.2) is 53.3 Å². The van der Waals surface area contributed by atoms with Crippen LogP contribution >= 0.6 is 47.9 Å². The molecule has 0 bridgehead atoms. The molecule has 2 aromatic heterocycles. The number of unbranched alkanes of at least 4 members (excludes halogenated alkanes) is 10. The van der Waals surface area contributed by atoms with Crippen LogP contribution in [0.4, 0.5) is 0 Å². The average molecular weight is 830 g/mol. The Hall–Kier alpha value is -0.901. The van der Waals surface area contributed by atoms with Gasteiger partial charge in [0.15, 0.2) is 0 Å². The van der Waals surface area contributed by atoms with Crippen molar-refractivity contribution in [1.82, 2.24) is 9.97 Å². The number of aromatic carboxylic acids is 2. The Morgan fingerprint density at radius 3 is 1.38 bits per heavy atom. The molecule has 0 aliphatic carbocycles. The van der Waals surface area contributed by atoms with Gasteiger partial charge in [-0.15, -0.1) is 57.7 Å². The standard InChI is InChI=1S/2C8H5NO2S3.2C8H17.Sn/c2*10-8(11)7-9-5-4(14-7)2-1-3(12)6(5)13;2*1-3-5-7-8-6-4-2;/h2*1-2,12-13H,(H,10,11);2*1,3-8H2,2H3;/q;;;;+2/p-2. The van der Waals surface area contributed by atoms with E-state index in [2.05, 4.69) is 49.1 Å². The van der Waals surface area contributed by atoms with E-state index in [1.165, 1.54) is 64.2 Å². The summed E-state index contributed by atoms with van der Waals surface area (Å²) in [5.74, 6) is -2.05. The van der Waals surface area contributed by atoms with Gasteiger partial charge in [-0.25, -0.2) is 19.6 Å². The summed E-state index contributed by atoms with van der Waals surface area (Å²) in [4.78, 5) is 31.5. The Balaban J connectivity index is 0.000000236. The minimum absolute atomic E-state index is 0.0602. The number of carboxylic acid groups (broad SMARTS) is 2. The maximum absolute atomic E-state index is 10.7. The van der Waals surface area contributed by atoms with E-state index in [0.717, 1.165) is 32.1 Å². The van der Waals surface area contributed by atoms with Gasteiger partial charge in [0.25, 0.3) is 0 Å². The van der Waals surface area contributed by atoms with Crippen LogP contribution in [0.5, 0.6) is 0 Å². The number of hydrogen-bond donors (Lipinski definition) is 4. The topological polar surface area (TPSA) is 100 Å². The van der Waals surface area contributed by atoms with E-state index in [4.69, 9.17) is 35.5 Å². The number of rotatable bonds is 16. The first-order valence-corrected chi connectivity index (χ1v) is 22.7. The van der Waals surface area contributed by atoms with Crippen LogP contribution in [0.25, 0.3) is 20.4 Å². The molecule has 4 rings (SSSR count). The molecule has 2 heterocycles. The minimum Gasteiger partial charge on any atom is -0.777 e. The Morgan fingerprint density at radius 2 is 1.02 bits per heavy atom. The molecule has 6 nitrogen and oxygen atoms in total. The summed E-state index contributed by atoms with van der Waals surface area (Å²) in [7, 11) is 0. The number of hydrogen-bond acceptors (Lipinski definition) is 10. The third-order valence-electron chi connectivity index (χ3n) is 6.77. The first kappa shape index (κ1) is 40.3. The quantitative estimate of drug-likeness (QED) is 0.0384. The minimum atomic E-state index is -1.03. The van der Waals surface area contributed by atoms with Crippen molar-refractivity contribution in [3.05, 3.63) is 34.3 Å². The van der Waals surface area contributed by atoms with Gasteiger partial charge >= 0.3 is 133 Å². The number of benzene rings is 2. The van der Waals surface area contributed by atoms with Crippen molar-refractivity contribution >= 4 is 127 Å². The van der Waals surface area contributed by atoms with Crippen LogP contribution in [0.2, 0.25) is 8.87 Å². The molecule has 13 heteroatoms. The predicted octanol–water partition coefficient (Wildman–Crippen LogP) is 10.6. The summed E-state index contributed by atoms with van der Waals surface area (Å²) in [5, 5.41) is 17.6. The zero-order valence-electron chi connectivity index (χ0n) is 25.8. The number of carbonyl (C=O) groups is 2. The average Bonchev–Trinajstić information content (AvgIpc) is 3.66. The van der Waals surface area contributed by atoms with Crippen molar-refractivity contribution in [2.75, 3.05) is 0 Å². The largest absolute Gasteiger partial charge is 0.777 e. The van der Waals surface area contributed by atoms with E-state index in [0.29, 0.717) is 30.6 Å². The smallest absolute Gasteiger partial charge is 0.365 e. The van der Waals surface area contributed by atoms with Crippen molar-refractivity contribution in [2.24, 2.45) is 0 Å². The summed E-state index contributed by atoms with van der Waals surface area (Å²) in [6.07, 6.45) is 17.8. The van der Waals surface area contributed by atoms with E-state index in [-0.39, 0.29) is 31.2 Å². The second-order valence-electron chi connectivity index (χ2n) is 10.5. The van der Waals surface area contributed by atoms with Gasteiger partial charge in [0, 0.05) is 0 Å². The number of nitrogens with zero attached hydrogens (tertiary/aromatic N) is 2. The third-order valence-corrected chi connectivity index (χ3v) is 14.7. The van der Waals surface area contributed by atoms with Crippen molar-refractivity contribution in [3.63, 3.8) is 0 Å². The van der Waals surface area contributed by atoms with E-state index in [1.807, 2.05) is 0 Å². The van der Waals surface area contributed by atoms with Gasteiger partial charge in [0.1, 0.15) is 0 Å². The summed E-state index contributed by atoms with van der Waals surface area (Å²) in [6.45, 7) is 4.60. The summed E-state index contributed by atoms with van der Waals surface area (Å²) in [5.41, 5.74) is 1.10. The van der Waals surface area contributed by atoms with Crippen LogP contribution < -0.4 is 0 Å². The number of aromatic nitrogens is 2. The molecule has 2 N–H and O–H groups in total. The molecular weight excluding hydrogens is 787 g/mol. The molecule has 0 aliphatic heterocycles. The Kier molecular flexibility index (Phi) is 20.3. The van der Waals surface area contributed by atoms with E-state index >= 15 is 0 Å². The van der Waals surface area contributed by atoms with Crippen LogP contribution in [0, 0.1) is 0 Å². The Morgan fingerprint density at radius 1 is 0.667 bits per heavy atom. The van der Waals surface area contributed by atoms with Crippen molar-refractivity contribution < 1.29 is 19.8 Å². The fraction of sp³-hybridized carbons (Fsp3) is 0.500. The third kappa shape index (κ3) is 14.4. The summed E-state index contributed by atoms with van der Waals surface area (Å²) in [6, 6.07) is 7.05. The van der Waals surface area contributed by atoms with Gasteiger partial charge in [-0.1, -0.05) is 0 Å². The first-order chi connectivity index (χ1) is 21.6. The van der Waals surface area contributed by atoms with Gasteiger partial charge < -0.3 is 35.5 Å². The van der Waals surface area contributed by atoms with Gasteiger partial charge in [0.2, 0.25) is 10.0 Å². The first-order valence-electron chi connectivity index (χ1n) is 15.4.